The molecular weight excluding hydrogens is 316 g/mol. The molecule has 1 aliphatic heterocycles. The van der Waals surface area contributed by atoms with Crippen molar-refractivity contribution in [3.63, 3.8) is 0 Å². The van der Waals surface area contributed by atoms with Gasteiger partial charge in [0, 0.05) is 37.7 Å². The first-order chi connectivity index (χ1) is 12.2. The van der Waals surface area contributed by atoms with E-state index in [2.05, 4.69) is 0 Å². The smallest absolute Gasteiger partial charge is 0.246 e. The van der Waals surface area contributed by atoms with Crippen LogP contribution < -0.4 is 0 Å². The minimum absolute atomic E-state index is 0.00385. The number of carbonyl (C=O) groups excluding carboxylic acids is 2. The Morgan fingerprint density at radius 2 is 1.80 bits per heavy atom. The number of rotatable bonds is 6. The molecule has 0 unspecified atom stereocenters. The maximum Gasteiger partial charge on any atom is 0.246 e. The minimum Gasteiger partial charge on any atom is -0.395 e. The zero-order chi connectivity index (χ0) is 17.6. The molecule has 1 aliphatic carbocycles. The molecule has 1 heterocycles. The monoisotopic (exact) mass is 342 g/mol. The second kappa shape index (κ2) is 8.30. The summed E-state index contributed by atoms with van der Waals surface area (Å²) in [6, 6.07) is 10.1. The van der Waals surface area contributed by atoms with Crippen molar-refractivity contribution in [1.82, 2.24) is 9.80 Å². The van der Waals surface area contributed by atoms with Crippen molar-refractivity contribution in [2.45, 2.75) is 31.7 Å². The Morgan fingerprint density at radius 3 is 2.40 bits per heavy atom. The molecule has 2 aliphatic rings. The summed E-state index contributed by atoms with van der Waals surface area (Å²) in [7, 11) is 0. The van der Waals surface area contributed by atoms with Crippen LogP contribution in [0.25, 0.3) is 6.08 Å². The average Bonchev–Trinajstić information content (AvgIpc) is 3.49. The van der Waals surface area contributed by atoms with E-state index in [1.54, 1.807) is 6.08 Å². The van der Waals surface area contributed by atoms with Gasteiger partial charge >= 0.3 is 0 Å². The quantitative estimate of drug-likeness (QED) is 0.804. The standard InChI is InChI=1S/C20H26N2O3/c23-15-14-22(18-7-8-18)20(25)17-10-12-21(13-11-17)19(24)9-6-16-4-2-1-3-5-16/h1-6,9,17-18,23H,7-8,10-15H2/b9-6+. The fraction of sp³-hybridized carbons (Fsp3) is 0.500. The second-order valence-electron chi connectivity index (χ2n) is 6.83. The lowest BCUT2D eigenvalue weighted by Gasteiger charge is -2.33. The molecule has 1 saturated heterocycles. The first-order valence-corrected chi connectivity index (χ1v) is 9.12. The number of nitrogens with zero attached hydrogens (tertiary/aromatic N) is 2. The molecule has 5 nitrogen and oxygen atoms in total. The second-order valence-corrected chi connectivity index (χ2v) is 6.83. The van der Waals surface area contributed by atoms with Gasteiger partial charge in [-0.2, -0.15) is 0 Å². The molecular formula is C20H26N2O3. The van der Waals surface area contributed by atoms with E-state index < -0.39 is 0 Å². The maximum atomic E-state index is 12.7. The third-order valence-corrected chi connectivity index (χ3v) is 4.99. The van der Waals surface area contributed by atoms with E-state index in [4.69, 9.17) is 0 Å². The summed E-state index contributed by atoms with van der Waals surface area (Å²) in [5.41, 5.74) is 1.00. The third-order valence-electron chi connectivity index (χ3n) is 4.99. The van der Waals surface area contributed by atoms with Gasteiger partial charge in [0.25, 0.3) is 0 Å². The molecule has 0 bridgehead atoms. The summed E-state index contributed by atoms with van der Waals surface area (Å²) in [5, 5.41) is 9.17. The number of amides is 2. The predicted octanol–water partition coefficient (Wildman–Crippen LogP) is 1.92. The van der Waals surface area contributed by atoms with Crippen molar-refractivity contribution in [2.75, 3.05) is 26.2 Å². The van der Waals surface area contributed by atoms with Crippen LogP contribution in [-0.2, 0) is 9.59 Å². The molecule has 0 aromatic heterocycles. The lowest BCUT2D eigenvalue weighted by atomic mass is 9.95. The van der Waals surface area contributed by atoms with E-state index in [0.717, 1.165) is 18.4 Å². The largest absolute Gasteiger partial charge is 0.395 e. The number of piperidine rings is 1. The van der Waals surface area contributed by atoms with Crippen molar-refractivity contribution in [2.24, 2.45) is 5.92 Å². The Bertz CT molecular complexity index is 617. The van der Waals surface area contributed by atoms with E-state index in [1.807, 2.05) is 46.2 Å². The summed E-state index contributed by atoms with van der Waals surface area (Å²) < 4.78 is 0. The molecule has 1 N–H and O–H groups in total. The van der Waals surface area contributed by atoms with Crippen LogP contribution in [0, 0.1) is 5.92 Å². The molecule has 2 fully saturated rings. The number of aliphatic hydroxyl groups is 1. The molecule has 25 heavy (non-hydrogen) atoms. The van der Waals surface area contributed by atoms with E-state index in [9.17, 15) is 14.7 Å². The first kappa shape index (κ1) is 17.7. The van der Waals surface area contributed by atoms with Gasteiger partial charge in [0.1, 0.15) is 0 Å². The zero-order valence-electron chi connectivity index (χ0n) is 14.5. The summed E-state index contributed by atoms with van der Waals surface area (Å²) in [6.45, 7) is 1.68. The minimum atomic E-state index is -0.0192. The zero-order valence-corrected chi connectivity index (χ0v) is 14.5. The van der Waals surface area contributed by atoms with Gasteiger partial charge in [-0.15, -0.1) is 0 Å². The molecule has 0 radical (unpaired) electrons. The Hall–Kier alpha value is -2.14. The van der Waals surface area contributed by atoms with Crippen molar-refractivity contribution >= 4 is 17.9 Å². The molecule has 1 aromatic rings. The van der Waals surface area contributed by atoms with Gasteiger partial charge in [-0.05, 0) is 37.3 Å². The molecule has 3 rings (SSSR count). The molecule has 134 valence electrons. The lowest BCUT2D eigenvalue weighted by molar-refractivity contribution is -0.140. The first-order valence-electron chi connectivity index (χ1n) is 9.12. The molecule has 0 atom stereocenters. The van der Waals surface area contributed by atoms with Crippen LogP contribution in [0.4, 0.5) is 0 Å². The predicted molar refractivity (Wildman–Crippen MR) is 96.6 cm³/mol. The van der Waals surface area contributed by atoms with Crippen molar-refractivity contribution < 1.29 is 14.7 Å². The number of hydrogen-bond acceptors (Lipinski definition) is 3. The van der Waals surface area contributed by atoms with Crippen LogP contribution in [0.15, 0.2) is 36.4 Å². The fourth-order valence-electron chi connectivity index (χ4n) is 3.39. The van der Waals surface area contributed by atoms with Crippen molar-refractivity contribution in [3.8, 4) is 0 Å². The van der Waals surface area contributed by atoms with Crippen LogP contribution in [0.1, 0.15) is 31.2 Å². The highest BCUT2D eigenvalue weighted by atomic mass is 16.3. The van der Waals surface area contributed by atoms with Crippen LogP contribution in [0.2, 0.25) is 0 Å². The van der Waals surface area contributed by atoms with Gasteiger partial charge < -0.3 is 14.9 Å². The topological polar surface area (TPSA) is 60.9 Å². The molecule has 5 heteroatoms. The Morgan fingerprint density at radius 1 is 1.12 bits per heavy atom. The number of aliphatic hydroxyl groups excluding tert-OH is 1. The van der Waals surface area contributed by atoms with Gasteiger partial charge in [0.15, 0.2) is 0 Å². The van der Waals surface area contributed by atoms with E-state index in [-0.39, 0.29) is 24.3 Å². The number of benzene rings is 1. The van der Waals surface area contributed by atoms with E-state index >= 15 is 0 Å². The van der Waals surface area contributed by atoms with Gasteiger partial charge in [-0.25, -0.2) is 0 Å². The van der Waals surface area contributed by atoms with Crippen LogP contribution in [0.3, 0.4) is 0 Å². The maximum absolute atomic E-state index is 12.7. The molecule has 1 aromatic carbocycles. The summed E-state index contributed by atoms with van der Waals surface area (Å²) in [4.78, 5) is 28.6. The van der Waals surface area contributed by atoms with Gasteiger partial charge in [-0.3, -0.25) is 9.59 Å². The van der Waals surface area contributed by atoms with Crippen LogP contribution in [0.5, 0.6) is 0 Å². The van der Waals surface area contributed by atoms with Crippen LogP contribution in [-0.4, -0.2) is 59.0 Å². The van der Waals surface area contributed by atoms with E-state index in [1.165, 1.54) is 0 Å². The summed E-state index contributed by atoms with van der Waals surface area (Å²) in [6.07, 6.45) is 6.95. The molecule has 2 amide bonds. The summed E-state index contributed by atoms with van der Waals surface area (Å²) in [5.74, 6) is 0.141. The normalized spacial score (nSPS) is 18.5. The molecule has 1 saturated carbocycles. The highest BCUT2D eigenvalue weighted by Crippen LogP contribution is 2.30. The van der Waals surface area contributed by atoms with E-state index in [0.29, 0.717) is 38.5 Å². The average molecular weight is 342 g/mol. The van der Waals surface area contributed by atoms with Crippen molar-refractivity contribution in [3.05, 3.63) is 42.0 Å². The third kappa shape index (κ3) is 4.69. The molecule has 0 spiro atoms. The van der Waals surface area contributed by atoms with Gasteiger partial charge in [0.05, 0.1) is 6.61 Å². The van der Waals surface area contributed by atoms with Gasteiger partial charge in [0.2, 0.25) is 11.8 Å². The fourth-order valence-corrected chi connectivity index (χ4v) is 3.39. The Kier molecular flexibility index (Phi) is 5.87. The van der Waals surface area contributed by atoms with Crippen LogP contribution >= 0.6 is 0 Å². The number of carbonyl (C=O) groups is 2. The highest BCUT2D eigenvalue weighted by Gasteiger charge is 2.36. The number of hydrogen-bond donors (Lipinski definition) is 1. The lowest BCUT2D eigenvalue weighted by Crippen LogP contribution is -2.45. The summed E-state index contributed by atoms with van der Waals surface area (Å²) >= 11 is 0. The SMILES string of the molecule is O=C(/C=C/c1ccccc1)N1CCC(C(=O)N(CCO)C2CC2)CC1. The number of likely N-dealkylation sites (tertiary alicyclic amines) is 1. The Balaban J connectivity index is 1.50. The van der Waals surface area contributed by atoms with Gasteiger partial charge in [-0.1, -0.05) is 30.3 Å². The Labute approximate surface area is 148 Å². The highest BCUT2D eigenvalue weighted by molar-refractivity contribution is 5.92. The van der Waals surface area contributed by atoms with Crippen molar-refractivity contribution in [1.29, 1.82) is 0 Å².